The van der Waals surface area contributed by atoms with E-state index in [1.54, 1.807) is 18.3 Å². The Bertz CT molecular complexity index is 1420. The van der Waals surface area contributed by atoms with Gasteiger partial charge in [0.1, 0.15) is 5.69 Å². The lowest BCUT2D eigenvalue weighted by Crippen LogP contribution is -2.42. The summed E-state index contributed by atoms with van der Waals surface area (Å²) in [5, 5.41) is 19.2. The van der Waals surface area contributed by atoms with Gasteiger partial charge in [-0.05, 0) is 30.5 Å². The standard InChI is InChI=1S/C25H28N6O2S/c1-30-22(11-14-27-30)24-20-8-4-5-9-21(20)25(29-28-24)31-15-12-19(13-16-31)26-17-18-7-3-6-10-23(18)34(2,32)33/h3-11,14,19,26H,12-13,15-17H2,1-2H3. The molecule has 0 bridgehead atoms. The molecule has 0 atom stereocenters. The second-order valence-electron chi connectivity index (χ2n) is 8.78. The van der Waals surface area contributed by atoms with Crippen LogP contribution < -0.4 is 10.2 Å². The summed E-state index contributed by atoms with van der Waals surface area (Å²) in [6, 6.07) is 17.7. The van der Waals surface area contributed by atoms with Crippen LogP contribution in [0.1, 0.15) is 18.4 Å². The van der Waals surface area contributed by atoms with Crippen molar-refractivity contribution in [1.29, 1.82) is 0 Å². The normalized spacial score (nSPS) is 15.2. The molecule has 8 nitrogen and oxygen atoms in total. The number of nitrogens with zero attached hydrogens (tertiary/aromatic N) is 5. The highest BCUT2D eigenvalue weighted by molar-refractivity contribution is 7.90. The molecule has 1 aliphatic heterocycles. The first-order chi connectivity index (χ1) is 16.4. The Balaban J connectivity index is 1.31. The molecule has 2 aromatic heterocycles. The highest BCUT2D eigenvalue weighted by Gasteiger charge is 2.23. The summed E-state index contributed by atoms with van der Waals surface area (Å²) in [5.41, 5.74) is 2.59. The van der Waals surface area contributed by atoms with Crippen LogP contribution in [0.5, 0.6) is 0 Å². The van der Waals surface area contributed by atoms with Crippen LogP contribution in [-0.4, -0.2) is 53.8 Å². The van der Waals surface area contributed by atoms with Gasteiger partial charge < -0.3 is 10.2 Å². The molecular formula is C25H28N6O2S. The van der Waals surface area contributed by atoms with Gasteiger partial charge in [0.2, 0.25) is 0 Å². The third kappa shape index (κ3) is 4.41. The van der Waals surface area contributed by atoms with E-state index in [0.29, 0.717) is 17.5 Å². The second-order valence-corrected chi connectivity index (χ2v) is 10.8. The number of piperidine rings is 1. The van der Waals surface area contributed by atoms with Crippen molar-refractivity contribution in [2.75, 3.05) is 24.2 Å². The number of sulfone groups is 1. The van der Waals surface area contributed by atoms with Crippen LogP contribution in [-0.2, 0) is 23.4 Å². The molecule has 0 spiro atoms. The summed E-state index contributed by atoms with van der Waals surface area (Å²) in [6.45, 7) is 2.25. The molecule has 2 aromatic carbocycles. The Kier molecular flexibility index (Phi) is 6.05. The maximum absolute atomic E-state index is 12.1. The highest BCUT2D eigenvalue weighted by atomic mass is 32.2. The minimum absolute atomic E-state index is 0.316. The third-order valence-electron chi connectivity index (χ3n) is 6.48. The average molecular weight is 477 g/mol. The number of hydrogen-bond acceptors (Lipinski definition) is 7. The van der Waals surface area contributed by atoms with E-state index in [-0.39, 0.29) is 0 Å². The van der Waals surface area contributed by atoms with Crippen molar-refractivity contribution in [3.63, 3.8) is 0 Å². The first-order valence-corrected chi connectivity index (χ1v) is 13.3. The molecule has 1 N–H and O–H groups in total. The molecule has 0 unspecified atom stereocenters. The summed E-state index contributed by atoms with van der Waals surface area (Å²) < 4.78 is 26.0. The molecule has 0 saturated carbocycles. The molecule has 4 aromatic rings. The van der Waals surface area contributed by atoms with Crippen molar-refractivity contribution in [3.05, 3.63) is 66.4 Å². The lowest BCUT2D eigenvalue weighted by atomic mass is 10.0. The minimum Gasteiger partial charge on any atom is -0.354 e. The third-order valence-corrected chi connectivity index (χ3v) is 7.68. The summed E-state index contributed by atoms with van der Waals surface area (Å²) in [5.74, 6) is 0.905. The predicted molar refractivity (Wildman–Crippen MR) is 133 cm³/mol. The van der Waals surface area contributed by atoms with E-state index < -0.39 is 9.84 Å². The number of aromatic nitrogens is 4. The van der Waals surface area contributed by atoms with Gasteiger partial charge in [-0.2, -0.15) is 5.10 Å². The Morgan fingerprint density at radius 3 is 2.38 bits per heavy atom. The van der Waals surface area contributed by atoms with E-state index in [9.17, 15) is 8.42 Å². The van der Waals surface area contributed by atoms with Gasteiger partial charge in [-0.1, -0.05) is 42.5 Å². The van der Waals surface area contributed by atoms with Crippen LogP contribution >= 0.6 is 0 Å². The molecular weight excluding hydrogens is 448 g/mol. The molecule has 0 amide bonds. The molecule has 176 valence electrons. The lowest BCUT2D eigenvalue weighted by Gasteiger charge is -2.33. The van der Waals surface area contributed by atoms with Gasteiger partial charge in [0.15, 0.2) is 15.7 Å². The summed E-state index contributed by atoms with van der Waals surface area (Å²) in [4.78, 5) is 2.69. The van der Waals surface area contributed by atoms with Crippen molar-refractivity contribution in [2.24, 2.45) is 7.05 Å². The van der Waals surface area contributed by atoms with Gasteiger partial charge in [0, 0.05) is 55.9 Å². The second kappa shape index (κ2) is 9.15. The number of fused-ring (bicyclic) bond motifs is 1. The van der Waals surface area contributed by atoms with Crippen LogP contribution in [0.25, 0.3) is 22.2 Å². The van der Waals surface area contributed by atoms with E-state index in [0.717, 1.165) is 59.5 Å². The number of nitrogens with one attached hydrogen (secondary N) is 1. The Morgan fingerprint density at radius 1 is 0.971 bits per heavy atom. The Hall–Kier alpha value is -3.30. The van der Waals surface area contributed by atoms with Crippen LogP contribution in [0, 0.1) is 0 Å². The number of anilines is 1. The van der Waals surface area contributed by atoms with Gasteiger partial charge in [-0.25, -0.2) is 8.42 Å². The molecule has 9 heteroatoms. The number of hydrogen-bond donors (Lipinski definition) is 1. The fourth-order valence-corrected chi connectivity index (χ4v) is 5.62. The molecule has 1 aliphatic rings. The van der Waals surface area contributed by atoms with E-state index in [4.69, 9.17) is 0 Å². The summed E-state index contributed by atoms with van der Waals surface area (Å²) >= 11 is 0. The van der Waals surface area contributed by atoms with Crippen molar-refractivity contribution >= 4 is 26.4 Å². The Labute approximate surface area is 199 Å². The van der Waals surface area contributed by atoms with Gasteiger partial charge >= 0.3 is 0 Å². The SMILES string of the molecule is Cn1nccc1-c1nnc(N2CCC(NCc3ccccc3S(C)(=O)=O)CC2)c2ccccc12. The quantitative estimate of drug-likeness (QED) is 0.457. The van der Waals surface area contributed by atoms with Gasteiger partial charge in [-0.3, -0.25) is 4.68 Å². The zero-order valence-electron chi connectivity index (χ0n) is 19.3. The van der Waals surface area contributed by atoms with Gasteiger partial charge in [0.25, 0.3) is 0 Å². The largest absolute Gasteiger partial charge is 0.354 e. The molecule has 0 radical (unpaired) electrons. The molecule has 1 fully saturated rings. The van der Waals surface area contributed by atoms with E-state index in [2.05, 4.69) is 37.6 Å². The van der Waals surface area contributed by atoms with Crippen molar-refractivity contribution in [3.8, 4) is 11.4 Å². The molecule has 34 heavy (non-hydrogen) atoms. The average Bonchev–Trinajstić information content (AvgIpc) is 3.27. The number of aryl methyl sites for hydroxylation is 1. The lowest BCUT2D eigenvalue weighted by molar-refractivity contribution is 0.411. The van der Waals surface area contributed by atoms with Crippen LogP contribution in [0.15, 0.2) is 65.7 Å². The molecule has 1 saturated heterocycles. The zero-order chi connectivity index (χ0) is 23.7. The van der Waals surface area contributed by atoms with Gasteiger partial charge in [0.05, 0.1) is 10.6 Å². The van der Waals surface area contributed by atoms with E-state index >= 15 is 0 Å². The summed E-state index contributed by atoms with van der Waals surface area (Å²) in [6.07, 6.45) is 4.92. The van der Waals surface area contributed by atoms with Crippen LogP contribution in [0.3, 0.4) is 0 Å². The smallest absolute Gasteiger partial charge is 0.175 e. The van der Waals surface area contributed by atoms with Crippen molar-refractivity contribution in [1.82, 2.24) is 25.3 Å². The van der Waals surface area contributed by atoms with E-state index in [1.807, 2.05) is 42.1 Å². The zero-order valence-corrected chi connectivity index (χ0v) is 20.2. The Morgan fingerprint density at radius 2 is 1.68 bits per heavy atom. The number of benzene rings is 2. The topological polar surface area (TPSA) is 93.0 Å². The first kappa shape index (κ1) is 22.5. The molecule has 3 heterocycles. The fourth-order valence-electron chi connectivity index (χ4n) is 4.68. The predicted octanol–water partition coefficient (Wildman–Crippen LogP) is 3.19. The van der Waals surface area contributed by atoms with Crippen LogP contribution in [0.4, 0.5) is 5.82 Å². The first-order valence-electron chi connectivity index (χ1n) is 11.4. The molecule has 0 aliphatic carbocycles. The van der Waals surface area contributed by atoms with Crippen molar-refractivity contribution in [2.45, 2.75) is 30.3 Å². The maximum Gasteiger partial charge on any atom is 0.175 e. The van der Waals surface area contributed by atoms with E-state index in [1.165, 1.54) is 6.26 Å². The molecule has 5 rings (SSSR count). The fraction of sp³-hybridized carbons (Fsp3) is 0.320. The van der Waals surface area contributed by atoms with Crippen LogP contribution in [0.2, 0.25) is 0 Å². The highest BCUT2D eigenvalue weighted by Crippen LogP contribution is 2.32. The summed E-state index contributed by atoms with van der Waals surface area (Å²) in [7, 11) is -1.33. The maximum atomic E-state index is 12.1. The number of rotatable bonds is 6. The minimum atomic E-state index is -3.24. The monoisotopic (exact) mass is 476 g/mol. The van der Waals surface area contributed by atoms with Gasteiger partial charge in [-0.15, -0.1) is 10.2 Å². The van der Waals surface area contributed by atoms with Crippen molar-refractivity contribution < 1.29 is 8.42 Å².